The Kier molecular flexibility index (Phi) is 8.46. The van der Waals surface area contributed by atoms with E-state index in [0.29, 0.717) is 6.42 Å². The fraction of sp³-hybridized carbons (Fsp3) is 0.667. The smallest absolute Gasteiger partial charge is 0.384 e. The number of esters is 1. The Bertz CT molecular complexity index is 258. The predicted molar refractivity (Wildman–Crippen MR) is 58.2 cm³/mol. The van der Waals surface area contributed by atoms with Gasteiger partial charge < -0.3 is 4.74 Å². The number of hydrogen-bond acceptors (Lipinski definition) is 3. The van der Waals surface area contributed by atoms with Crippen molar-refractivity contribution in [2.75, 3.05) is 7.11 Å². The highest BCUT2D eigenvalue weighted by Gasteiger charge is 1.98. The molecule has 0 aromatic heterocycles. The lowest BCUT2D eigenvalue weighted by molar-refractivity contribution is -0.133. The molecule has 0 aromatic carbocycles. The number of carbonyl (C=O) groups excluding carboxylic acids is 2. The van der Waals surface area contributed by atoms with Gasteiger partial charge in [0.05, 0.1) is 7.11 Å². The minimum atomic E-state index is -0.658. The van der Waals surface area contributed by atoms with Crippen LogP contribution < -0.4 is 0 Å². The van der Waals surface area contributed by atoms with Crippen LogP contribution in [-0.4, -0.2) is 18.9 Å². The normalized spacial score (nSPS) is 8.93. The van der Waals surface area contributed by atoms with Gasteiger partial charge >= 0.3 is 5.97 Å². The van der Waals surface area contributed by atoms with Crippen molar-refractivity contribution < 1.29 is 14.3 Å². The number of Topliss-reactive ketones (excluding diaryl/α,β-unsaturated/α-hetero) is 1. The number of carbonyl (C=O) groups is 2. The third kappa shape index (κ3) is 9.01. The third-order valence-corrected chi connectivity index (χ3v) is 2.00. The summed E-state index contributed by atoms with van der Waals surface area (Å²) in [5.41, 5.74) is 0. The molecule has 0 aromatic rings. The molecule has 0 rings (SSSR count). The maximum Gasteiger partial charge on any atom is 0.384 e. The first kappa shape index (κ1) is 13.7. The molecule has 0 radical (unpaired) electrons. The summed E-state index contributed by atoms with van der Waals surface area (Å²) in [6, 6.07) is 0. The van der Waals surface area contributed by atoms with Crippen molar-refractivity contribution in [3.05, 3.63) is 0 Å². The Morgan fingerprint density at radius 3 is 2.33 bits per heavy atom. The number of hydrogen-bond donors (Lipinski definition) is 0. The van der Waals surface area contributed by atoms with Gasteiger partial charge in [0.15, 0.2) is 0 Å². The van der Waals surface area contributed by atoms with Crippen LogP contribution in [-0.2, 0) is 14.3 Å². The van der Waals surface area contributed by atoms with Crippen LogP contribution in [0.25, 0.3) is 0 Å². The van der Waals surface area contributed by atoms with Gasteiger partial charge in [0.1, 0.15) is 0 Å². The molecular formula is C12H18O3. The molecule has 0 saturated carbocycles. The standard InChI is InChI=1S/C12H18O3/c1-3-4-5-6-7-8-11(13)9-10-12(14)15-2/h3-8H2,1-2H3. The van der Waals surface area contributed by atoms with Crippen LogP contribution in [0, 0.1) is 11.8 Å². The van der Waals surface area contributed by atoms with Crippen molar-refractivity contribution in [1.82, 2.24) is 0 Å². The number of unbranched alkanes of at least 4 members (excludes halogenated alkanes) is 4. The maximum absolute atomic E-state index is 11.1. The summed E-state index contributed by atoms with van der Waals surface area (Å²) >= 11 is 0. The van der Waals surface area contributed by atoms with Crippen LogP contribution in [0.1, 0.15) is 45.4 Å². The minimum absolute atomic E-state index is 0.183. The molecule has 0 unspecified atom stereocenters. The number of ether oxygens (including phenoxy) is 1. The molecule has 0 aliphatic carbocycles. The Morgan fingerprint density at radius 2 is 1.73 bits per heavy atom. The van der Waals surface area contributed by atoms with E-state index in [1.807, 2.05) is 0 Å². The average Bonchev–Trinajstić information content (AvgIpc) is 2.25. The van der Waals surface area contributed by atoms with Gasteiger partial charge in [0, 0.05) is 12.3 Å². The highest BCUT2D eigenvalue weighted by molar-refractivity contribution is 6.01. The summed E-state index contributed by atoms with van der Waals surface area (Å²) < 4.78 is 4.29. The van der Waals surface area contributed by atoms with Crippen molar-refractivity contribution in [3.8, 4) is 11.8 Å². The Labute approximate surface area is 91.2 Å². The fourth-order valence-electron chi connectivity index (χ4n) is 1.12. The van der Waals surface area contributed by atoms with Crippen molar-refractivity contribution in [1.29, 1.82) is 0 Å². The van der Waals surface area contributed by atoms with E-state index in [2.05, 4.69) is 23.5 Å². The van der Waals surface area contributed by atoms with E-state index in [-0.39, 0.29) is 5.78 Å². The Hall–Kier alpha value is -1.30. The predicted octanol–water partition coefficient (Wildman–Crippen LogP) is 2.09. The summed E-state index contributed by atoms with van der Waals surface area (Å²) in [5, 5.41) is 0. The summed E-state index contributed by atoms with van der Waals surface area (Å²) in [5.74, 6) is 3.54. The zero-order valence-corrected chi connectivity index (χ0v) is 9.47. The largest absolute Gasteiger partial charge is 0.459 e. The van der Waals surface area contributed by atoms with Gasteiger partial charge in [-0.05, 0) is 12.3 Å². The summed E-state index contributed by atoms with van der Waals surface area (Å²) in [6.45, 7) is 2.15. The van der Waals surface area contributed by atoms with Gasteiger partial charge in [-0.25, -0.2) is 4.79 Å². The molecule has 0 aliphatic rings. The van der Waals surface area contributed by atoms with E-state index >= 15 is 0 Å². The summed E-state index contributed by atoms with van der Waals surface area (Å²) in [6.07, 6.45) is 5.91. The molecule has 0 fully saturated rings. The van der Waals surface area contributed by atoms with Crippen molar-refractivity contribution in [2.45, 2.75) is 45.4 Å². The van der Waals surface area contributed by atoms with Gasteiger partial charge in [-0.15, -0.1) is 0 Å². The zero-order valence-electron chi connectivity index (χ0n) is 9.47. The second-order valence-electron chi connectivity index (χ2n) is 3.33. The van der Waals surface area contributed by atoms with E-state index in [9.17, 15) is 9.59 Å². The van der Waals surface area contributed by atoms with Crippen LogP contribution in [0.15, 0.2) is 0 Å². The van der Waals surface area contributed by atoms with E-state index in [0.717, 1.165) is 19.3 Å². The highest BCUT2D eigenvalue weighted by Crippen LogP contribution is 2.04. The SMILES string of the molecule is CCCCCCCC(=O)C#CC(=O)OC. The van der Waals surface area contributed by atoms with Gasteiger partial charge in [-0.2, -0.15) is 0 Å². The van der Waals surface area contributed by atoms with Gasteiger partial charge in [0.25, 0.3) is 0 Å². The summed E-state index contributed by atoms with van der Waals surface area (Å²) in [7, 11) is 1.24. The molecule has 0 saturated heterocycles. The molecule has 0 heterocycles. The van der Waals surface area contributed by atoms with Gasteiger partial charge in [-0.3, -0.25) is 4.79 Å². The molecule has 3 heteroatoms. The average molecular weight is 210 g/mol. The van der Waals surface area contributed by atoms with E-state index in [1.54, 1.807) is 0 Å². The molecule has 0 atom stereocenters. The maximum atomic E-state index is 11.1. The van der Waals surface area contributed by atoms with E-state index < -0.39 is 5.97 Å². The van der Waals surface area contributed by atoms with Crippen LogP contribution in [0.5, 0.6) is 0 Å². The first-order valence-corrected chi connectivity index (χ1v) is 5.33. The van der Waals surface area contributed by atoms with Crippen LogP contribution in [0.2, 0.25) is 0 Å². The lowest BCUT2D eigenvalue weighted by Gasteiger charge is -1.95. The molecule has 3 nitrogen and oxygen atoms in total. The third-order valence-electron chi connectivity index (χ3n) is 2.00. The lowest BCUT2D eigenvalue weighted by atomic mass is 10.1. The molecule has 0 spiro atoms. The molecule has 0 amide bonds. The molecule has 15 heavy (non-hydrogen) atoms. The lowest BCUT2D eigenvalue weighted by Crippen LogP contribution is -1.98. The number of ketones is 1. The zero-order chi connectivity index (χ0) is 11.5. The summed E-state index contributed by atoms with van der Waals surface area (Å²) in [4.78, 5) is 21.7. The second-order valence-corrected chi connectivity index (χ2v) is 3.33. The number of rotatable bonds is 6. The minimum Gasteiger partial charge on any atom is -0.459 e. The molecule has 0 N–H and O–H groups in total. The Morgan fingerprint density at radius 1 is 1.07 bits per heavy atom. The van der Waals surface area contributed by atoms with Crippen molar-refractivity contribution in [2.24, 2.45) is 0 Å². The molecule has 84 valence electrons. The highest BCUT2D eigenvalue weighted by atomic mass is 16.5. The quantitative estimate of drug-likeness (QED) is 0.222. The van der Waals surface area contributed by atoms with Crippen LogP contribution in [0.3, 0.4) is 0 Å². The van der Waals surface area contributed by atoms with Gasteiger partial charge in [-0.1, -0.05) is 32.6 Å². The van der Waals surface area contributed by atoms with E-state index in [4.69, 9.17) is 0 Å². The van der Waals surface area contributed by atoms with Crippen LogP contribution in [0.4, 0.5) is 0 Å². The molecule has 0 aliphatic heterocycles. The molecule has 0 bridgehead atoms. The molecular weight excluding hydrogens is 192 g/mol. The second kappa shape index (κ2) is 9.26. The number of methoxy groups -OCH3 is 1. The van der Waals surface area contributed by atoms with Crippen molar-refractivity contribution in [3.63, 3.8) is 0 Å². The van der Waals surface area contributed by atoms with Crippen molar-refractivity contribution >= 4 is 11.8 Å². The topological polar surface area (TPSA) is 43.4 Å². The first-order chi connectivity index (χ1) is 7.20. The monoisotopic (exact) mass is 210 g/mol. The van der Waals surface area contributed by atoms with E-state index in [1.165, 1.54) is 20.0 Å². The van der Waals surface area contributed by atoms with Crippen LogP contribution >= 0.6 is 0 Å². The van der Waals surface area contributed by atoms with Gasteiger partial charge in [0.2, 0.25) is 5.78 Å². The first-order valence-electron chi connectivity index (χ1n) is 5.33. The Balaban J connectivity index is 3.56. The fourth-order valence-corrected chi connectivity index (χ4v) is 1.12.